The quantitative estimate of drug-likeness (QED) is 0.312. The van der Waals surface area contributed by atoms with Gasteiger partial charge in [-0.1, -0.05) is 6.07 Å². The lowest BCUT2D eigenvalue weighted by atomic mass is 10.1. The fraction of sp³-hybridized carbons (Fsp3) is 0.111. The van der Waals surface area contributed by atoms with Crippen LogP contribution in [0.4, 0.5) is 8.78 Å². The highest BCUT2D eigenvalue weighted by atomic mass is 19.1. The minimum atomic E-state index is -0.669. The van der Waals surface area contributed by atoms with Gasteiger partial charge in [0.25, 0.3) is 5.56 Å². The van der Waals surface area contributed by atoms with Gasteiger partial charge in [-0.3, -0.25) is 14.2 Å². The molecule has 0 spiro atoms. The van der Waals surface area contributed by atoms with Gasteiger partial charge in [0, 0.05) is 22.4 Å². The molecule has 6 nitrogen and oxygen atoms in total. The number of hydrogen-bond acceptors (Lipinski definition) is 5. The van der Waals surface area contributed by atoms with Crippen molar-refractivity contribution in [3.05, 3.63) is 88.3 Å². The molecule has 3 aromatic carbocycles. The van der Waals surface area contributed by atoms with Crippen LogP contribution in [0, 0.1) is 11.6 Å². The number of fused-ring (bicyclic) bond motifs is 5. The Hall–Kier alpha value is -4.46. The number of methoxy groups -OCH3 is 2. The van der Waals surface area contributed by atoms with E-state index < -0.39 is 11.6 Å². The number of nitrogens with zero attached hydrogens (tertiary/aromatic N) is 2. The van der Waals surface area contributed by atoms with E-state index in [1.807, 2.05) is 6.07 Å². The molecule has 0 saturated carbocycles. The summed E-state index contributed by atoms with van der Waals surface area (Å²) in [5, 5.41) is 2.58. The van der Waals surface area contributed by atoms with Crippen LogP contribution in [-0.4, -0.2) is 23.6 Å². The molecular weight excluding hydrogens is 454 g/mol. The minimum absolute atomic E-state index is 0.147. The SMILES string of the molecule is COc1ccc2c(c1OC)c(=O)n1c3ccc(OCc4c(F)cccc4F)cc3c3ccnc2c31. The maximum atomic E-state index is 14.0. The Balaban J connectivity index is 1.60. The summed E-state index contributed by atoms with van der Waals surface area (Å²) in [4.78, 5) is 18.3. The Kier molecular flexibility index (Phi) is 4.70. The average Bonchev–Trinajstić information content (AvgIpc) is 3.21. The number of benzene rings is 3. The van der Waals surface area contributed by atoms with E-state index in [1.54, 1.807) is 40.9 Å². The molecular formula is C27H18F2N2O4. The Morgan fingerprint density at radius 1 is 0.914 bits per heavy atom. The average molecular weight is 472 g/mol. The summed E-state index contributed by atoms with van der Waals surface area (Å²) >= 11 is 0. The molecule has 0 amide bonds. The van der Waals surface area contributed by atoms with Crippen LogP contribution < -0.4 is 19.8 Å². The molecule has 0 bridgehead atoms. The van der Waals surface area contributed by atoms with Crippen LogP contribution in [-0.2, 0) is 6.61 Å². The maximum Gasteiger partial charge on any atom is 0.267 e. The molecule has 3 aromatic heterocycles. The van der Waals surface area contributed by atoms with Gasteiger partial charge < -0.3 is 14.2 Å². The molecule has 6 rings (SSSR count). The van der Waals surface area contributed by atoms with Crippen LogP contribution in [0.1, 0.15) is 5.56 Å². The Bertz CT molecular complexity index is 1810. The lowest BCUT2D eigenvalue weighted by Gasteiger charge is -2.12. The second kappa shape index (κ2) is 7.80. The van der Waals surface area contributed by atoms with E-state index in [4.69, 9.17) is 14.2 Å². The summed E-state index contributed by atoms with van der Waals surface area (Å²) in [5.74, 6) is -0.133. The molecule has 0 N–H and O–H groups in total. The van der Waals surface area contributed by atoms with Crippen molar-refractivity contribution in [2.24, 2.45) is 0 Å². The van der Waals surface area contributed by atoms with Gasteiger partial charge in [0.15, 0.2) is 11.5 Å². The van der Waals surface area contributed by atoms with Crippen molar-refractivity contribution < 1.29 is 23.0 Å². The zero-order chi connectivity index (χ0) is 24.3. The highest BCUT2D eigenvalue weighted by molar-refractivity contribution is 6.19. The lowest BCUT2D eigenvalue weighted by molar-refractivity contribution is 0.293. The molecule has 0 aliphatic heterocycles. The van der Waals surface area contributed by atoms with E-state index in [0.29, 0.717) is 44.6 Å². The highest BCUT2D eigenvalue weighted by Gasteiger charge is 2.22. The number of ether oxygens (including phenoxy) is 3. The van der Waals surface area contributed by atoms with Crippen molar-refractivity contribution in [3.8, 4) is 17.2 Å². The third-order valence-electron chi connectivity index (χ3n) is 6.31. The molecule has 0 aliphatic rings. The van der Waals surface area contributed by atoms with E-state index in [0.717, 1.165) is 10.8 Å². The molecule has 3 heterocycles. The van der Waals surface area contributed by atoms with Crippen LogP contribution in [0.15, 0.2) is 65.6 Å². The Morgan fingerprint density at radius 3 is 2.46 bits per heavy atom. The third-order valence-corrected chi connectivity index (χ3v) is 6.31. The maximum absolute atomic E-state index is 14.0. The predicted octanol–water partition coefficient (Wildman–Crippen LogP) is 5.47. The first-order valence-corrected chi connectivity index (χ1v) is 10.8. The van der Waals surface area contributed by atoms with Crippen LogP contribution in [0.3, 0.4) is 0 Å². The Morgan fingerprint density at radius 2 is 1.71 bits per heavy atom. The molecule has 0 aliphatic carbocycles. The molecule has 0 fully saturated rings. The zero-order valence-corrected chi connectivity index (χ0v) is 18.8. The topological polar surface area (TPSA) is 62.1 Å². The van der Waals surface area contributed by atoms with Crippen molar-refractivity contribution in [1.82, 2.24) is 9.38 Å². The van der Waals surface area contributed by atoms with Gasteiger partial charge in [-0.05, 0) is 48.5 Å². The van der Waals surface area contributed by atoms with Crippen molar-refractivity contribution in [2.45, 2.75) is 6.61 Å². The predicted molar refractivity (Wildman–Crippen MR) is 129 cm³/mol. The third kappa shape index (κ3) is 2.99. The normalized spacial score (nSPS) is 11.7. The second-order valence-electron chi connectivity index (χ2n) is 8.09. The smallest absolute Gasteiger partial charge is 0.267 e. The summed E-state index contributed by atoms with van der Waals surface area (Å²) < 4.78 is 46.3. The fourth-order valence-electron chi connectivity index (χ4n) is 4.72. The molecule has 0 atom stereocenters. The van der Waals surface area contributed by atoms with Crippen LogP contribution in [0.5, 0.6) is 17.2 Å². The molecule has 0 saturated heterocycles. The fourth-order valence-corrected chi connectivity index (χ4v) is 4.72. The summed E-state index contributed by atoms with van der Waals surface area (Å²) in [6.07, 6.45) is 1.68. The van der Waals surface area contributed by atoms with Gasteiger partial charge in [-0.15, -0.1) is 0 Å². The molecule has 0 unspecified atom stereocenters. The van der Waals surface area contributed by atoms with Crippen molar-refractivity contribution in [3.63, 3.8) is 0 Å². The van der Waals surface area contributed by atoms with Crippen LogP contribution in [0.25, 0.3) is 38.1 Å². The number of aromatic nitrogens is 2. The largest absolute Gasteiger partial charge is 0.493 e. The van der Waals surface area contributed by atoms with Crippen molar-refractivity contribution in [1.29, 1.82) is 0 Å². The van der Waals surface area contributed by atoms with Crippen LogP contribution in [0.2, 0.25) is 0 Å². The Labute approximate surface area is 197 Å². The monoisotopic (exact) mass is 472 g/mol. The van der Waals surface area contributed by atoms with Gasteiger partial charge in [-0.25, -0.2) is 8.78 Å². The number of halogens is 2. The molecule has 8 heteroatoms. The van der Waals surface area contributed by atoms with E-state index in [1.165, 1.54) is 32.4 Å². The van der Waals surface area contributed by atoms with Crippen molar-refractivity contribution in [2.75, 3.05) is 14.2 Å². The molecule has 0 radical (unpaired) electrons. The van der Waals surface area contributed by atoms with E-state index in [2.05, 4.69) is 4.98 Å². The zero-order valence-electron chi connectivity index (χ0n) is 18.8. The van der Waals surface area contributed by atoms with Gasteiger partial charge in [0.1, 0.15) is 24.0 Å². The summed E-state index contributed by atoms with van der Waals surface area (Å²) in [5.41, 5.74) is 1.55. The first-order valence-electron chi connectivity index (χ1n) is 10.8. The van der Waals surface area contributed by atoms with Crippen molar-refractivity contribution >= 4 is 38.1 Å². The standard InChI is InChI=1S/C27H18F2N2O4/c1-33-22-9-7-16-23(26(22)34-2)27(32)31-21-8-6-14(35-13-18-19(28)4-3-5-20(18)29)12-17(21)15-10-11-30-24(16)25(15)31/h3-12H,13H2,1-2H3. The second-order valence-corrected chi connectivity index (χ2v) is 8.09. The van der Waals surface area contributed by atoms with Crippen LogP contribution >= 0.6 is 0 Å². The number of rotatable bonds is 5. The first-order chi connectivity index (χ1) is 17.0. The number of hydrogen-bond donors (Lipinski definition) is 0. The van der Waals surface area contributed by atoms with Gasteiger partial charge >= 0.3 is 0 Å². The van der Waals surface area contributed by atoms with Gasteiger partial charge in [0.05, 0.1) is 41.7 Å². The summed E-state index contributed by atoms with van der Waals surface area (Å²) in [7, 11) is 3.01. The first kappa shape index (κ1) is 21.1. The molecule has 6 aromatic rings. The van der Waals surface area contributed by atoms with E-state index >= 15 is 0 Å². The highest BCUT2D eigenvalue weighted by Crippen LogP contribution is 2.39. The molecule has 174 valence electrons. The lowest BCUT2D eigenvalue weighted by Crippen LogP contribution is -2.14. The summed E-state index contributed by atoms with van der Waals surface area (Å²) in [6, 6.07) is 14.2. The van der Waals surface area contributed by atoms with Gasteiger partial charge in [-0.2, -0.15) is 0 Å². The number of pyridine rings is 2. The van der Waals surface area contributed by atoms with Gasteiger partial charge in [0.2, 0.25) is 0 Å². The molecule has 35 heavy (non-hydrogen) atoms. The van der Waals surface area contributed by atoms with E-state index in [-0.39, 0.29) is 17.7 Å². The van der Waals surface area contributed by atoms with E-state index in [9.17, 15) is 13.6 Å². The summed E-state index contributed by atoms with van der Waals surface area (Å²) in [6.45, 7) is -0.267. The minimum Gasteiger partial charge on any atom is -0.493 e.